The molecule has 2 aromatic rings. The zero-order valence-corrected chi connectivity index (χ0v) is 12.4. The summed E-state index contributed by atoms with van der Waals surface area (Å²) in [4.78, 5) is 15.7. The first-order chi connectivity index (χ1) is 9.22. The molecule has 2 rings (SSSR count). The number of hydrogen-bond acceptors (Lipinski definition) is 2. The van der Waals surface area contributed by atoms with Crippen LogP contribution in [0.2, 0.25) is 0 Å². The number of amides is 1. The summed E-state index contributed by atoms with van der Waals surface area (Å²) in [6.45, 7) is 5.55. The monoisotopic (exact) mass is 297 g/mol. The van der Waals surface area contributed by atoms with Crippen LogP contribution < -0.4 is 5.73 Å². The molecular weight excluding hydrogens is 281 g/mol. The Labute approximate surface area is 121 Å². The van der Waals surface area contributed by atoms with Gasteiger partial charge in [0.15, 0.2) is 0 Å². The second-order valence-corrected chi connectivity index (χ2v) is 6.16. The molecule has 0 aliphatic heterocycles. The lowest BCUT2D eigenvalue weighted by Gasteiger charge is -2.28. The highest BCUT2D eigenvalue weighted by Gasteiger charge is 2.29. The highest BCUT2D eigenvalue weighted by molar-refractivity contribution is 6.20. The summed E-state index contributed by atoms with van der Waals surface area (Å²) < 4.78 is 15.2. The smallest absolute Gasteiger partial charge is 0.219 e. The second-order valence-electron chi connectivity index (χ2n) is 5.51. The normalized spacial score (nSPS) is 13.7. The Hall–Kier alpha value is -1.62. The molecule has 2 N–H and O–H groups in total. The Morgan fingerprint density at radius 1 is 1.55 bits per heavy atom. The third kappa shape index (κ3) is 2.63. The van der Waals surface area contributed by atoms with Crippen molar-refractivity contribution in [2.24, 2.45) is 5.73 Å². The van der Waals surface area contributed by atoms with Crippen molar-refractivity contribution in [2.45, 2.75) is 38.1 Å². The van der Waals surface area contributed by atoms with Crippen LogP contribution in [0.5, 0.6) is 0 Å². The number of benzene rings is 1. The fourth-order valence-electron chi connectivity index (χ4n) is 2.48. The molecule has 1 unspecified atom stereocenters. The van der Waals surface area contributed by atoms with Crippen molar-refractivity contribution in [1.29, 1.82) is 0 Å². The number of carbonyl (C=O) groups excluding carboxylic acids is 1. The molecule has 0 aliphatic carbocycles. The number of aromatic nitrogens is 2. The van der Waals surface area contributed by atoms with E-state index >= 15 is 0 Å². The van der Waals surface area contributed by atoms with Crippen molar-refractivity contribution in [1.82, 2.24) is 9.55 Å². The third-order valence-corrected chi connectivity index (χ3v) is 3.41. The van der Waals surface area contributed by atoms with Gasteiger partial charge in [0.25, 0.3) is 0 Å². The summed E-state index contributed by atoms with van der Waals surface area (Å²) in [6.07, 6.45) is 0.145. The van der Waals surface area contributed by atoms with Gasteiger partial charge in [-0.25, -0.2) is 9.37 Å². The quantitative estimate of drug-likeness (QED) is 0.882. The highest BCUT2D eigenvalue weighted by Crippen LogP contribution is 2.32. The van der Waals surface area contributed by atoms with E-state index in [1.54, 1.807) is 13.0 Å². The molecule has 0 radical (unpaired) electrons. The van der Waals surface area contributed by atoms with E-state index in [1.807, 2.05) is 18.4 Å². The number of hydrogen-bond donors (Lipinski definition) is 1. The van der Waals surface area contributed by atoms with Crippen LogP contribution in [0, 0.1) is 5.82 Å². The molecule has 0 aliphatic rings. The van der Waals surface area contributed by atoms with E-state index in [0.717, 1.165) is 5.52 Å². The van der Waals surface area contributed by atoms with E-state index < -0.39 is 11.4 Å². The number of fused-ring (bicyclic) bond motifs is 1. The van der Waals surface area contributed by atoms with Crippen molar-refractivity contribution < 1.29 is 9.18 Å². The number of nitrogens with zero attached hydrogens (tertiary/aromatic N) is 2. The number of primary amides is 1. The van der Waals surface area contributed by atoms with Gasteiger partial charge in [-0.3, -0.25) is 4.79 Å². The lowest BCUT2D eigenvalue weighted by molar-refractivity contribution is -0.119. The molecule has 6 heteroatoms. The van der Waals surface area contributed by atoms with Gasteiger partial charge in [-0.05, 0) is 32.9 Å². The lowest BCUT2D eigenvalue weighted by atomic mass is 9.99. The molecule has 1 amide bonds. The topological polar surface area (TPSA) is 60.9 Å². The molecule has 0 saturated carbocycles. The Morgan fingerprint density at radius 2 is 2.20 bits per heavy atom. The van der Waals surface area contributed by atoms with Crippen LogP contribution in [0.3, 0.4) is 0 Å². The second kappa shape index (κ2) is 5.05. The summed E-state index contributed by atoms with van der Waals surface area (Å²) in [5.74, 6) is -0.172. The van der Waals surface area contributed by atoms with Gasteiger partial charge in [-0.15, -0.1) is 11.6 Å². The summed E-state index contributed by atoms with van der Waals surface area (Å²) in [6, 6.07) is 4.36. The van der Waals surface area contributed by atoms with Crippen LogP contribution in [0.1, 0.15) is 38.4 Å². The Bertz CT molecular complexity index is 664. The first kappa shape index (κ1) is 14.8. The number of imidazole rings is 1. The van der Waals surface area contributed by atoms with E-state index in [1.165, 1.54) is 12.1 Å². The van der Waals surface area contributed by atoms with E-state index in [9.17, 15) is 9.18 Å². The molecule has 1 atom stereocenters. The highest BCUT2D eigenvalue weighted by atomic mass is 35.5. The standard InChI is InChI=1S/C14H17ClFN3O/c1-8(15)13-18-10-6-9(16)4-5-11(10)19(13)14(2,3)7-12(17)20/h4-6,8H,7H2,1-3H3,(H2,17,20). The van der Waals surface area contributed by atoms with Crippen LogP contribution >= 0.6 is 11.6 Å². The minimum atomic E-state index is -0.586. The molecule has 0 bridgehead atoms. The molecule has 4 nitrogen and oxygen atoms in total. The Morgan fingerprint density at radius 3 is 2.75 bits per heavy atom. The number of nitrogens with two attached hydrogens (primary N) is 1. The molecule has 1 aromatic heterocycles. The maximum Gasteiger partial charge on any atom is 0.219 e. The maximum absolute atomic E-state index is 13.3. The van der Waals surface area contributed by atoms with Gasteiger partial charge in [0.1, 0.15) is 11.6 Å². The van der Waals surface area contributed by atoms with Gasteiger partial charge in [0, 0.05) is 18.0 Å². The van der Waals surface area contributed by atoms with Gasteiger partial charge >= 0.3 is 0 Å². The molecular formula is C14H17ClFN3O. The fourth-order valence-corrected chi connectivity index (χ4v) is 2.63. The van der Waals surface area contributed by atoms with E-state index in [2.05, 4.69) is 4.98 Å². The van der Waals surface area contributed by atoms with E-state index in [4.69, 9.17) is 17.3 Å². The van der Waals surface area contributed by atoms with Crippen molar-refractivity contribution >= 4 is 28.5 Å². The van der Waals surface area contributed by atoms with Crippen LogP contribution in [0.25, 0.3) is 11.0 Å². The number of rotatable bonds is 4. The Kier molecular flexibility index (Phi) is 3.73. The minimum Gasteiger partial charge on any atom is -0.370 e. The lowest BCUT2D eigenvalue weighted by Crippen LogP contribution is -2.33. The maximum atomic E-state index is 13.3. The third-order valence-electron chi connectivity index (χ3n) is 3.21. The number of carbonyl (C=O) groups is 1. The van der Waals surface area contributed by atoms with Crippen molar-refractivity contribution in [3.05, 3.63) is 29.8 Å². The summed E-state index contributed by atoms with van der Waals surface area (Å²) in [7, 11) is 0. The van der Waals surface area contributed by atoms with Crippen molar-refractivity contribution in [3.8, 4) is 0 Å². The first-order valence-corrected chi connectivity index (χ1v) is 6.77. The van der Waals surface area contributed by atoms with Crippen LogP contribution in [0.4, 0.5) is 4.39 Å². The van der Waals surface area contributed by atoms with E-state index in [0.29, 0.717) is 11.3 Å². The van der Waals surface area contributed by atoms with Gasteiger partial charge in [-0.2, -0.15) is 0 Å². The summed E-state index contributed by atoms with van der Waals surface area (Å²) in [5.41, 5.74) is 5.98. The average Bonchev–Trinajstić information content (AvgIpc) is 2.66. The zero-order chi connectivity index (χ0) is 15.1. The van der Waals surface area contributed by atoms with Gasteiger partial charge < -0.3 is 10.3 Å². The SMILES string of the molecule is CC(Cl)c1nc2cc(F)ccc2n1C(C)(C)CC(N)=O. The van der Waals surface area contributed by atoms with Crippen molar-refractivity contribution in [3.63, 3.8) is 0 Å². The largest absolute Gasteiger partial charge is 0.370 e. The Balaban J connectivity index is 2.71. The first-order valence-electron chi connectivity index (χ1n) is 6.33. The molecule has 1 heterocycles. The van der Waals surface area contributed by atoms with Gasteiger partial charge in [0.05, 0.1) is 16.4 Å². The van der Waals surface area contributed by atoms with Gasteiger partial charge in [-0.1, -0.05) is 0 Å². The van der Waals surface area contributed by atoms with Crippen LogP contribution in [0.15, 0.2) is 18.2 Å². The number of alkyl halides is 1. The zero-order valence-electron chi connectivity index (χ0n) is 11.7. The predicted octanol–water partition coefficient (Wildman–Crippen LogP) is 3.09. The molecule has 0 fully saturated rings. The molecule has 108 valence electrons. The predicted molar refractivity (Wildman–Crippen MR) is 77.1 cm³/mol. The summed E-state index contributed by atoms with van der Waals surface area (Å²) >= 11 is 6.17. The van der Waals surface area contributed by atoms with Crippen LogP contribution in [-0.2, 0) is 10.3 Å². The molecule has 1 aromatic carbocycles. The minimum absolute atomic E-state index is 0.145. The fraction of sp³-hybridized carbons (Fsp3) is 0.429. The number of halogens is 2. The summed E-state index contributed by atoms with van der Waals surface area (Å²) in [5, 5.41) is -0.363. The molecule has 20 heavy (non-hydrogen) atoms. The van der Waals surface area contributed by atoms with Crippen LogP contribution in [-0.4, -0.2) is 15.5 Å². The van der Waals surface area contributed by atoms with E-state index in [-0.39, 0.29) is 17.6 Å². The molecule has 0 saturated heterocycles. The average molecular weight is 298 g/mol. The van der Waals surface area contributed by atoms with Gasteiger partial charge in [0.2, 0.25) is 5.91 Å². The van der Waals surface area contributed by atoms with Crippen molar-refractivity contribution in [2.75, 3.05) is 0 Å². The molecule has 0 spiro atoms.